The molecule has 2 aromatic carbocycles. The van der Waals surface area contributed by atoms with E-state index in [-0.39, 0.29) is 5.91 Å². The number of carbonyl (C=O) groups excluding carboxylic acids is 1. The second kappa shape index (κ2) is 9.54. The van der Waals surface area contributed by atoms with Crippen LogP contribution in [0.15, 0.2) is 54.9 Å². The summed E-state index contributed by atoms with van der Waals surface area (Å²) in [7, 11) is 3.20. The van der Waals surface area contributed by atoms with Gasteiger partial charge in [0.05, 0.1) is 14.2 Å². The van der Waals surface area contributed by atoms with E-state index < -0.39 is 0 Å². The van der Waals surface area contributed by atoms with Gasteiger partial charge in [0, 0.05) is 19.2 Å². The summed E-state index contributed by atoms with van der Waals surface area (Å²) in [6.07, 6.45) is 1.37. The largest absolute Gasteiger partial charge is 0.493 e. The van der Waals surface area contributed by atoms with Crippen LogP contribution in [0.3, 0.4) is 0 Å². The Balaban J connectivity index is 1.62. The van der Waals surface area contributed by atoms with Crippen molar-refractivity contribution >= 4 is 11.7 Å². The third kappa shape index (κ3) is 5.22. The zero-order valence-corrected chi connectivity index (χ0v) is 16.7. The minimum Gasteiger partial charge on any atom is -0.493 e. The van der Waals surface area contributed by atoms with Crippen LogP contribution in [0.5, 0.6) is 11.5 Å². The van der Waals surface area contributed by atoms with Gasteiger partial charge in [0.25, 0.3) is 5.91 Å². The normalized spacial score (nSPS) is 10.3. The van der Waals surface area contributed by atoms with E-state index in [2.05, 4.69) is 20.6 Å². The first-order valence-electron chi connectivity index (χ1n) is 9.20. The fraction of sp³-hybridized carbons (Fsp3) is 0.227. The number of rotatable bonds is 8. The highest BCUT2D eigenvalue weighted by atomic mass is 16.5. The lowest BCUT2D eigenvalue weighted by Crippen LogP contribution is -2.24. The molecular formula is C22H24N4O3. The van der Waals surface area contributed by atoms with Crippen LogP contribution >= 0.6 is 0 Å². The van der Waals surface area contributed by atoms with Gasteiger partial charge in [-0.25, -0.2) is 9.97 Å². The third-order valence-electron chi connectivity index (χ3n) is 4.52. The van der Waals surface area contributed by atoms with E-state index >= 15 is 0 Å². The van der Waals surface area contributed by atoms with E-state index in [0.29, 0.717) is 36.1 Å². The molecule has 0 spiro atoms. The number of methoxy groups -OCH3 is 2. The van der Waals surface area contributed by atoms with Gasteiger partial charge >= 0.3 is 0 Å². The molecule has 7 nitrogen and oxygen atoms in total. The molecular weight excluding hydrogens is 368 g/mol. The van der Waals surface area contributed by atoms with Gasteiger partial charge in [-0.05, 0) is 35.7 Å². The average molecular weight is 392 g/mol. The first kappa shape index (κ1) is 20.1. The SMILES string of the molecule is COc1ccc(CNc2cc(C(=O)NCc3ccccc3C)ncn2)cc1OC. The van der Waals surface area contributed by atoms with Crippen molar-refractivity contribution in [3.8, 4) is 11.5 Å². The van der Waals surface area contributed by atoms with E-state index in [1.165, 1.54) is 6.33 Å². The Morgan fingerprint density at radius 3 is 2.52 bits per heavy atom. The molecule has 0 aliphatic carbocycles. The Bertz CT molecular complexity index is 991. The van der Waals surface area contributed by atoms with Gasteiger partial charge in [0.15, 0.2) is 11.5 Å². The van der Waals surface area contributed by atoms with Crippen molar-refractivity contribution in [3.05, 3.63) is 77.2 Å². The molecule has 1 amide bonds. The lowest BCUT2D eigenvalue weighted by Gasteiger charge is -2.11. The molecule has 3 aromatic rings. The van der Waals surface area contributed by atoms with Crippen molar-refractivity contribution in [3.63, 3.8) is 0 Å². The summed E-state index contributed by atoms with van der Waals surface area (Å²) in [5, 5.41) is 6.10. The highest BCUT2D eigenvalue weighted by Crippen LogP contribution is 2.27. The second-order valence-electron chi connectivity index (χ2n) is 6.44. The number of nitrogens with one attached hydrogen (secondary N) is 2. The smallest absolute Gasteiger partial charge is 0.270 e. The molecule has 150 valence electrons. The molecule has 7 heteroatoms. The predicted molar refractivity (Wildman–Crippen MR) is 111 cm³/mol. The molecule has 0 aliphatic rings. The molecule has 1 heterocycles. The van der Waals surface area contributed by atoms with Crippen molar-refractivity contribution in [1.82, 2.24) is 15.3 Å². The van der Waals surface area contributed by atoms with Gasteiger partial charge in [0.2, 0.25) is 0 Å². The third-order valence-corrected chi connectivity index (χ3v) is 4.52. The number of ether oxygens (including phenoxy) is 2. The summed E-state index contributed by atoms with van der Waals surface area (Å²) < 4.78 is 10.6. The number of anilines is 1. The number of aryl methyl sites for hydroxylation is 1. The van der Waals surface area contributed by atoms with Crippen molar-refractivity contribution in [1.29, 1.82) is 0 Å². The number of hydrogen-bond donors (Lipinski definition) is 2. The van der Waals surface area contributed by atoms with Gasteiger partial charge in [-0.15, -0.1) is 0 Å². The van der Waals surface area contributed by atoms with Crippen LogP contribution in [0.4, 0.5) is 5.82 Å². The summed E-state index contributed by atoms with van der Waals surface area (Å²) in [5.41, 5.74) is 3.50. The van der Waals surface area contributed by atoms with E-state index in [1.54, 1.807) is 20.3 Å². The minimum atomic E-state index is -0.246. The van der Waals surface area contributed by atoms with Crippen LogP contribution in [-0.4, -0.2) is 30.1 Å². The molecule has 3 rings (SSSR count). The Hall–Kier alpha value is -3.61. The predicted octanol–water partition coefficient (Wildman–Crippen LogP) is 3.34. The van der Waals surface area contributed by atoms with Crippen molar-refractivity contribution in [2.24, 2.45) is 0 Å². The molecule has 2 N–H and O–H groups in total. The number of amides is 1. The number of benzene rings is 2. The van der Waals surface area contributed by atoms with Crippen molar-refractivity contribution < 1.29 is 14.3 Å². The molecule has 0 fully saturated rings. The Morgan fingerprint density at radius 1 is 0.966 bits per heavy atom. The fourth-order valence-corrected chi connectivity index (χ4v) is 2.84. The van der Waals surface area contributed by atoms with E-state index in [0.717, 1.165) is 16.7 Å². The summed E-state index contributed by atoms with van der Waals surface area (Å²) in [4.78, 5) is 20.7. The molecule has 0 saturated heterocycles. The summed E-state index contributed by atoms with van der Waals surface area (Å²) in [5.74, 6) is 1.65. The quantitative estimate of drug-likeness (QED) is 0.612. The minimum absolute atomic E-state index is 0.246. The Kier molecular flexibility index (Phi) is 6.63. The van der Waals surface area contributed by atoms with Gasteiger partial charge in [-0.1, -0.05) is 30.3 Å². The maximum absolute atomic E-state index is 12.5. The summed E-state index contributed by atoms with van der Waals surface area (Å²) in [6.45, 7) is 2.98. The van der Waals surface area contributed by atoms with Crippen LogP contribution in [0.2, 0.25) is 0 Å². The van der Waals surface area contributed by atoms with Crippen molar-refractivity contribution in [2.75, 3.05) is 19.5 Å². The van der Waals surface area contributed by atoms with Crippen LogP contribution in [0.1, 0.15) is 27.2 Å². The van der Waals surface area contributed by atoms with Crippen LogP contribution in [-0.2, 0) is 13.1 Å². The lowest BCUT2D eigenvalue weighted by atomic mass is 10.1. The average Bonchev–Trinajstić information content (AvgIpc) is 2.76. The molecule has 29 heavy (non-hydrogen) atoms. The number of aromatic nitrogens is 2. The Morgan fingerprint density at radius 2 is 1.76 bits per heavy atom. The summed E-state index contributed by atoms with van der Waals surface area (Å²) in [6, 6.07) is 15.2. The molecule has 0 radical (unpaired) electrons. The first-order valence-corrected chi connectivity index (χ1v) is 9.20. The van der Waals surface area contributed by atoms with E-state index in [1.807, 2.05) is 49.4 Å². The van der Waals surface area contributed by atoms with Crippen LogP contribution in [0.25, 0.3) is 0 Å². The monoisotopic (exact) mass is 392 g/mol. The maximum Gasteiger partial charge on any atom is 0.270 e. The van der Waals surface area contributed by atoms with E-state index in [4.69, 9.17) is 9.47 Å². The highest BCUT2D eigenvalue weighted by Gasteiger charge is 2.10. The standard InChI is InChI=1S/C22H24N4O3/c1-15-6-4-5-7-17(15)13-24-22(27)18-11-21(26-14-25-18)23-12-16-8-9-19(28-2)20(10-16)29-3/h4-11,14H,12-13H2,1-3H3,(H,24,27)(H,23,25,26). The van der Waals surface area contributed by atoms with Crippen molar-refractivity contribution in [2.45, 2.75) is 20.0 Å². The molecule has 0 saturated carbocycles. The van der Waals surface area contributed by atoms with Gasteiger partial charge < -0.3 is 20.1 Å². The molecule has 0 aliphatic heterocycles. The highest BCUT2D eigenvalue weighted by molar-refractivity contribution is 5.92. The molecule has 0 unspecified atom stereocenters. The number of hydrogen-bond acceptors (Lipinski definition) is 6. The van der Waals surface area contributed by atoms with Gasteiger partial charge in [0.1, 0.15) is 17.8 Å². The number of nitrogens with zero attached hydrogens (tertiary/aromatic N) is 2. The zero-order valence-electron chi connectivity index (χ0n) is 16.7. The zero-order chi connectivity index (χ0) is 20.6. The summed E-state index contributed by atoms with van der Waals surface area (Å²) >= 11 is 0. The number of carbonyl (C=O) groups is 1. The topological polar surface area (TPSA) is 85.4 Å². The molecule has 0 bridgehead atoms. The van der Waals surface area contributed by atoms with Gasteiger partial charge in [-0.3, -0.25) is 4.79 Å². The fourth-order valence-electron chi connectivity index (χ4n) is 2.84. The maximum atomic E-state index is 12.5. The Labute approximate surface area is 170 Å². The van der Waals surface area contributed by atoms with Crippen LogP contribution < -0.4 is 20.1 Å². The lowest BCUT2D eigenvalue weighted by molar-refractivity contribution is 0.0945. The van der Waals surface area contributed by atoms with Gasteiger partial charge in [-0.2, -0.15) is 0 Å². The second-order valence-corrected chi connectivity index (χ2v) is 6.44. The molecule has 0 atom stereocenters. The molecule has 1 aromatic heterocycles. The first-order chi connectivity index (χ1) is 14.1. The van der Waals surface area contributed by atoms with Crippen LogP contribution in [0, 0.1) is 6.92 Å². The van der Waals surface area contributed by atoms with E-state index in [9.17, 15) is 4.79 Å².